The molecule has 0 aromatic carbocycles. The fraction of sp³-hybridized carbons (Fsp3) is 0.143. The van der Waals surface area contributed by atoms with Crippen LogP contribution in [0.15, 0.2) is 24.5 Å². The van der Waals surface area contributed by atoms with Crippen LogP contribution in [-0.4, -0.2) is 16.9 Å². The highest BCUT2D eigenvalue weighted by atomic mass is 16.2. The van der Waals surface area contributed by atoms with E-state index in [1.165, 1.54) is 6.92 Å². The SMILES string of the molecule is C=C(C)C(=O)NC(=O)C=CO. The number of amides is 2. The van der Waals surface area contributed by atoms with Crippen LogP contribution in [0.25, 0.3) is 0 Å². The van der Waals surface area contributed by atoms with E-state index < -0.39 is 11.8 Å². The van der Waals surface area contributed by atoms with Crippen molar-refractivity contribution in [3.63, 3.8) is 0 Å². The third kappa shape index (κ3) is 3.91. The molecule has 0 heterocycles. The van der Waals surface area contributed by atoms with Gasteiger partial charge in [0, 0.05) is 11.6 Å². The van der Waals surface area contributed by atoms with Gasteiger partial charge in [0.2, 0.25) is 0 Å². The van der Waals surface area contributed by atoms with Crippen molar-refractivity contribution >= 4 is 11.8 Å². The third-order valence-electron chi connectivity index (χ3n) is 0.850. The lowest BCUT2D eigenvalue weighted by molar-refractivity contribution is -0.125. The second-order valence-corrected chi connectivity index (χ2v) is 1.91. The molecule has 4 nitrogen and oxygen atoms in total. The van der Waals surface area contributed by atoms with Crippen LogP contribution >= 0.6 is 0 Å². The normalized spacial score (nSPS) is 9.55. The summed E-state index contributed by atoms with van der Waals surface area (Å²) in [6.07, 6.45) is 1.39. The Bertz CT molecular complexity index is 218. The number of nitrogens with one attached hydrogen (secondary N) is 1. The van der Waals surface area contributed by atoms with Crippen LogP contribution in [0.1, 0.15) is 6.92 Å². The summed E-state index contributed by atoms with van der Waals surface area (Å²) in [4.78, 5) is 21.2. The smallest absolute Gasteiger partial charge is 0.253 e. The van der Waals surface area contributed by atoms with Gasteiger partial charge in [-0.1, -0.05) is 6.58 Å². The Balaban J connectivity index is 3.96. The van der Waals surface area contributed by atoms with Crippen molar-refractivity contribution in [2.75, 3.05) is 0 Å². The minimum absolute atomic E-state index is 0.240. The second kappa shape index (κ2) is 4.27. The Morgan fingerprint density at radius 1 is 1.55 bits per heavy atom. The van der Waals surface area contributed by atoms with Crippen LogP contribution in [0.2, 0.25) is 0 Å². The van der Waals surface area contributed by atoms with Gasteiger partial charge in [-0.15, -0.1) is 0 Å². The van der Waals surface area contributed by atoms with E-state index in [0.29, 0.717) is 6.26 Å². The van der Waals surface area contributed by atoms with E-state index in [9.17, 15) is 9.59 Å². The van der Waals surface area contributed by atoms with Gasteiger partial charge in [-0.3, -0.25) is 14.9 Å². The number of rotatable bonds is 2. The van der Waals surface area contributed by atoms with Gasteiger partial charge in [0.25, 0.3) is 11.8 Å². The first-order chi connectivity index (χ1) is 5.07. The predicted octanol–water partition coefficient (Wildman–Crippen LogP) is 0.277. The van der Waals surface area contributed by atoms with Crippen LogP contribution in [-0.2, 0) is 9.59 Å². The Morgan fingerprint density at radius 2 is 2.09 bits per heavy atom. The van der Waals surface area contributed by atoms with Crippen molar-refractivity contribution in [3.05, 3.63) is 24.5 Å². The molecule has 0 aromatic heterocycles. The lowest BCUT2D eigenvalue weighted by atomic mass is 10.3. The lowest BCUT2D eigenvalue weighted by Gasteiger charge is -1.97. The largest absolute Gasteiger partial charge is 0.515 e. The summed E-state index contributed by atoms with van der Waals surface area (Å²) >= 11 is 0. The maximum absolute atomic E-state index is 10.7. The van der Waals surface area contributed by atoms with E-state index >= 15 is 0 Å². The van der Waals surface area contributed by atoms with Gasteiger partial charge in [0.05, 0.1) is 6.26 Å². The minimum Gasteiger partial charge on any atom is -0.515 e. The average Bonchev–Trinajstić information content (AvgIpc) is 1.87. The Hall–Kier alpha value is -1.58. The Kier molecular flexibility index (Phi) is 3.66. The summed E-state index contributed by atoms with van der Waals surface area (Å²) in [6.45, 7) is 4.79. The molecule has 0 atom stereocenters. The molecule has 0 saturated heterocycles. The highest BCUT2D eigenvalue weighted by Gasteiger charge is 2.03. The number of imide groups is 1. The summed E-state index contributed by atoms with van der Waals surface area (Å²) in [5.74, 6) is -1.21. The fourth-order valence-corrected chi connectivity index (χ4v) is 0.328. The molecular formula is C7H9NO3. The molecule has 0 rings (SSSR count). The maximum atomic E-state index is 10.7. The Morgan fingerprint density at radius 3 is 2.45 bits per heavy atom. The molecule has 0 radical (unpaired) electrons. The molecule has 4 heteroatoms. The zero-order valence-corrected chi connectivity index (χ0v) is 6.13. The fourth-order valence-electron chi connectivity index (χ4n) is 0.328. The molecule has 2 amide bonds. The number of hydrogen-bond acceptors (Lipinski definition) is 3. The molecule has 0 aliphatic rings. The molecule has 0 bridgehead atoms. The van der Waals surface area contributed by atoms with Crippen molar-refractivity contribution in [2.24, 2.45) is 0 Å². The van der Waals surface area contributed by atoms with Crippen LogP contribution in [0.4, 0.5) is 0 Å². The van der Waals surface area contributed by atoms with Crippen LogP contribution < -0.4 is 5.32 Å². The maximum Gasteiger partial charge on any atom is 0.253 e. The third-order valence-corrected chi connectivity index (χ3v) is 0.850. The number of carbonyl (C=O) groups excluding carboxylic acids is 2. The molecule has 60 valence electrons. The molecule has 0 unspecified atom stereocenters. The zero-order valence-electron chi connectivity index (χ0n) is 6.13. The number of carbonyl (C=O) groups is 2. The molecule has 0 aliphatic carbocycles. The van der Waals surface area contributed by atoms with Gasteiger partial charge in [-0.05, 0) is 6.92 Å². The summed E-state index contributed by atoms with van der Waals surface area (Å²) in [6, 6.07) is 0. The van der Waals surface area contributed by atoms with E-state index in [-0.39, 0.29) is 5.57 Å². The van der Waals surface area contributed by atoms with E-state index in [1.54, 1.807) is 0 Å². The van der Waals surface area contributed by atoms with Crippen molar-refractivity contribution in [2.45, 2.75) is 6.92 Å². The van der Waals surface area contributed by atoms with Gasteiger partial charge in [-0.25, -0.2) is 0 Å². The average molecular weight is 155 g/mol. The first kappa shape index (κ1) is 9.42. The number of hydrogen-bond donors (Lipinski definition) is 2. The standard InChI is InChI=1S/C7H9NO3/c1-5(2)7(11)8-6(10)3-4-9/h3-4,9H,1H2,2H3,(H,8,10,11). The van der Waals surface area contributed by atoms with E-state index in [4.69, 9.17) is 5.11 Å². The molecule has 11 heavy (non-hydrogen) atoms. The van der Waals surface area contributed by atoms with Crippen molar-refractivity contribution in [1.29, 1.82) is 0 Å². The summed E-state index contributed by atoms with van der Waals surface area (Å²) in [5.41, 5.74) is 0.240. The van der Waals surface area contributed by atoms with Gasteiger partial charge in [0.15, 0.2) is 0 Å². The predicted molar refractivity (Wildman–Crippen MR) is 39.7 cm³/mol. The zero-order chi connectivity index (χ0) is 8.85. The van der Waals surface area contributed by atoms with E-state index in [1.807, 2.05) is 5.32 Å². The summed E-state index contributed by atoms with van der Waals surface area (Å²) in [7, 11) is 0. The van der Waals surface area contributed by atoms with E-state index in [2.05, 4.69) is 6.58 Å². The quantitative estimate of drug-likeness (QED) is 0.444. The first-order valence-corrected chi connectivity index (χ1v) is 2.89. The number of aliphatic hydroxyl groups is 1. The summed E-state index contributed by atoms with van der Waals surface area (Å²) < 4.78 is 0. The molecule has 0 fully saturated rings. The highest BCUT2D eigenvalue weighted by Crippen LogP contribution is 1.85. The topological polar surface area (TPSA) is 66.4 Å². The second-order valence-electron chi connectivity index (χ2n) is 1.91. The van der Waals surface area contributed by atoms with Gasteiger partial charge in [0.1, 0.15) is 0 Å². The van der Waals surface area contributed by atoms with Crippen molar-refractivity contribution < 1.29 is 14.7 Å². The van der Waals surface area contributed by atoms with Crippen molar-refractivity contribution in [3.8, 4) is 0 Å². The molecule has 2 N–H and O–H groups in total. The van der Waals surface area contributed by atoms with Crippen molar-refractivity contribution in [1.82, 2.24) is 5.32 Å². The van der Waals surface area contributed by atoms with Crippen LogP contribution in [0.3, 0.4) is 0 Å². The van der Waals surface area contributed by atoms with Gasteiger partial charge in [-0.2, -0.15) is 0 Å². The molecular weight excluding hydrogens is 146 g/mol. The highest BCUT2D eigenvalue weighted by molar-refractivity contribution is 6.06. The van der Waals surface area contributed by atoms with Crippen LogP contribution in [0, 0.1) is 0 Å². The van der Waals surface area contributed by atoms with Gasteiger partial charge >= 0.3 is 0 Å². The number of aliphatic hydroxyl groups excluding tert-OH is 1. The monoisotopic (exact) mass is 155 g/mol. The summed E-state index contributed by atoms with van der Waals surface area (Å²) in [5, 5.41) is 10.1. The van der Waals surface area contributed by atoms with Gasteiger partial charge < -0.3 is 5.11 Å². The first-order valence-electron chi connectivity index (χ1n) is 2.89. The van der Waals surface area contributed by atoms with E-state index in [0.717, 1.165) is 6.08 Å². The molecule has 0 aliphatic heterocycles. The molecule has 0 aromatic rings. The minimum atomic E-state index is -0.666. The van der Waals surface area contributed by atoms with Crippen LogP contribution in [0.5, 0.6) is 0 Å². The molecule has 0 spiro atoms. The molecule has 0 saturated carbocycles. The lowest BCUT2D eigenvalue weighted by Crippen LogP contribution is -2.28. The Labute approximate surface area is 64.2 Å².